The van der Waals surface area contributed by atoms with Gasteiger partial charge in [0.2, 0.25) is 0 Å². The lowest BCUT2D eigenvalue weighted by molar-refractivity contribution is 0.0663. The van der Waals surface area contributed by atoms with E-state index >= 15 is 0 Å². The minimum atomic E-state index is -0.210. The van der Waals surface area contributed by atoms with Crippen LogP contribution in [0, 0.1) is 6.92 Å². The summed E-state index contributed by atoms with van der Waals surface area (Å²) in [5.74, 6) is 1.86. The molecule has 2 aromatic carbocycles. The molecule has 0 radical (unpaired) electrons. The van der Waals surface area contributed by atoms with Crippen LogP contribution in [0.5, 0.6) is 17.2 Å². The van der Waals surface area contributed by atoms with Crippen molar-refractivity contribution in [2.45, 2.75) is 39.7 Å². The molecule has 6 nitrogen and oxygen atoms in total. The highest BCUT2D eigenvalue weighted by atomic mass is 16.5. The topological polar surface area (TPSA) is 69.7 Å². The van der Waals surface area contributed by atoms with Crippen LogP contribution < -0.4 is 14.8 Å². The number of pyridine rings is 1. The number of hydrogen-bond donors (Lipinski definition) is 1. The fourth-order valence-electron chi connectivity index (χ4n) is 3.25. The average Bonchev–Trinajstić information content (AvgIpc) is 2.78. The highest BCUT2D eigenvalue weighted by molar-refractivity contribution is 6.05. The van der Waals surface area contributed by atoms with Crippen LogP contribution in [0.1, 0.15) is 42.0 Å². The van der Waals surface area contributed by atoms with E-state index in [1.165, 1.54) is 0 Å². The summed E-state index contributed by atoms with van der Waals surface area (Å²) in [4.78, 5) is 17.4. The summed E-state index contributed by atoms with van der Waals surface area (Å²) in [6.07, 6.45) is 1.80. The summed E-state index contributed by atoms with van der Waals surface area (Å²) in [7, 11) is 1.62. The third-order valence-corrected chi connectivity index (χ3v) is 4.88. The Morgan fingerprint density at radius 1 is 1.03 bits per heavy atom. The fraction of sp³-hybridized carbons (Fsp3) is 0.308. The Morgan fingerprint density at radius 2 is 1.78 bits per heavy atom. The van der Waals surface area contributed by atoms with E-state index in [2.05, 4.69) is 17.2 Å². The van der Waals surface area contributed by atoms with E-state index in [4.69, 9.17) is 14.2 Å². The van der Waals surface area contributed by atoms with E-state index in [0.29, 0.717) is 34.9 Å². The van der Waals surface area contributed by atoms with Gasteiger partial charge in [-0.1, -0.05) is 13.0 Å². The normalized spacial score (nSPS) is 11.6. The lowest BCUT2D eigenvalue weighted by atomic mass is 10.1. The van der Waals surface area contributed by atoms with Crippen LogP contribution in [0.15, 0.2) is 60.7 Å². The second-order valence-corrected chi connectivity index (χ2v) is 7.58. The molecule has 0 saturated heterocycles. The fourth-order valence-corrected chi connectivity index (χ4v) is 3.25. The van der Waals surface area contributed by atoms with Gasteiger partial charge >= 0.3 is 0 Å². The number of ether oxygens (including phenoxy) is 3. The Labute approximate surface area is 189 Å². The van der Waals surface area contributed by atoms with E-state index in [-0.39, 0.29) is 12.0 Å². The molecule has 3 aromatic rings. The number of hydrogen-bond acceptors (Lipinski definition) is 5. The number of aryl methyl sites for hydroxylation is 1. The van der Waals surface area contributed by atoms with Crippen molar-refractivity contribution < 1.29 is 19.0 Å². The summed E-state index contributed by atoms with van der Waals surface area (Å²) in [6, 6.07) is 18.3. The molecule has 168 valence electrons. The molecule has 0 aliphatic carbocycles. The van der Waals surface area contributed by atoms with Crippen molar-refractivity contribution in [3.63, 3.8) is 0 Å². The van der Waals surface area contributed by atoms with Gasteiger partial charge < -0.3 is 19.5 Å². The summed E-state index contributed by atoms with van der Waals surface area (Å²) in [5.41, 5.74) is 2.79. The summed E-state index contributed by atoms with van der Waals surface area (Å²) in [5, 5.41) is 2.93. The van der Waals surface area contributed by atoms with Gasteiger partial charge in [0.15, 0.2) is 0 Å². The van der Waals surface area contributed by atoms with Crippen molar-refractivity contribution in [2.24, 2.45) is 0 Å². The van der Waals surface area contributed by atoms with E-state index < -0.39 is 0 Å². The molecule has 1 atom stereocenters. The zero-order valence-corrected chi connectivity index (χ0v) is 19.1. The molecular formula is C26H30N2O4. The SMILES string of the molecule is CCCOC(C)Cc1ccc(C(=O)Nc2cccc(Oc3ccc(OC)cc3)c2)c(C)n1. The van der Waals surface area contributed by atoms with Crippen molar-refractivity contribution in [1.29, 1.82) is 0 Å². The molecule has 0 aliphatic rings. The lowest BCUT2D eigenvalue weighted by Crippen LogP contribution is -2.16. The van der Waals surface area contributed by atoms with Gasteiger partial charge in [-0.3, -0.25) is 9.78 Å². The number of methoxy groups -OCH3 is 1. The number of aromatic nitrogens is 1. The van der Waals surface area contributed by atoms with Gasteiger partial charge in [0, 0.05) is 30.5 Å². The maximum atomic E-state index is 12.8. The van der Waals surface area contributed by atoms with Crippen molar-refractivity contribution in [1.82, 2.24) is 4.98 Å². The second-order valence-electron chi connectivity index (χ2n) is 7.58. The molecule has 0 spiro atoms. The molecule has 0 aliphatic heterocycles. The molecule has 32 heavy (non-hydrogen) atoms. The largest absolute Gasteiger partial charge is 0.497 e. The van der Waals surface area contributed by atoms with Crippen molar-refractivity contribution in [3.05, 3.63) is 77.6 Å². The summed E-state index contributed by atoms with van der Waals surface area (Å²) >= 11 is 0. The predicted octanol–water partition coefficient (Wildman–Crippen LogP) is 5.80. The summed E-state index contributed by atoms with van der Waals surface area (Å²) < 4.78 is 16.8. The number of carbonyl (C=O) groups excluding carboxylic acids is 1. The Bertz CT molecular complexity index is 1030. The molecule has 0 saturated carbocycles. The third kappa shape index (κ3) is 6.56. The second kappa shape index (κ2) is 11.3. The molecular weight excluding hydrogens is 404 g/mol. The van der Waals surface area contributed by atoms with Crippen molar-refractivity contribution in [3.8, 4) is 17.2 Å². The highest BCUT2D eigenvalue weighted by Crippen LogP contribution is 2.26. The van der Waals surface area contributed by atoms with Crippen LogP contribution >= 0.6 is 0 Å². The molecule has 1 amide bonds. The predicted molar refractivity (Wildman–Crippen MR) is 126 cm³/mol. The number of amides is 1. The zero-order chi connectivity index (χ0) is 22.9. The van der Waals surface area contributed by atoms with Crippen LogP contribution in [0.4, 0.5) is 5.69 Å². The quantitative estimate of drug-likeness (QED) is 0.437. The molecule has 1 N–H and O–H groups in total. The monoisotopic (exact) mass is 434 g/mol. The van der Waals surface area contributed by atoms with Crippen LogP contribution in [0.25, 0.3) is 0 Å². The third-order valence-electron chi connectivity index (χ3n) is 4.88. The van der Waals surface area contributed by atoms with Gasteiger partial charge in [0.1, 0.15) is 17.2 Å². The average molecular weight is 435 g/mol. The minimum Gasteiger partial charge on any atom is -0.497 e. The maximum Gasteiger partial charge on any atom is 0.257 e. The van der Waals surface area contributed by atoms with Gasteiger partial charge in [0.05, 0.1) is 24.5 Å². The number of rotatable bonds is 10. The van der Waals surface area contributed by atoms with E-state index in [1.807, 2.05) is 68.4 Å². The summed E-state index contributed by atoms with van der Waals surface area (Å²) in [6.45, 7) is 6.71. The first-order valence-electron chi connectivity index (χ1n) is 10.8. The molecule has 0 fully saturated rings. The van der Waals surface area contributed by atoms with Gasteiger partial charge in [0.25, 0.3) is 5.91 Å². The molecule has 0 bridgehead atoms. The first kappa shape index (κ1) is 23.3. The zero-order valence-electron chi connectivity index (χ0n) is 19.1. The van der Waals surface area contributed by atoms with Crippen LogP contribution in [-0.4, -0.2) is 30.7 Å². The molecule has 1 unspecified atom stereocenters. The molecule has 6 heteroatoms. The lowest BCUT2D eigenvalue weighted by Gasteiger charge is -2.14. The number of carbonyl (C=O) groups is 1. The van der Waals surface area contributed by atoms with Gasteiger partial charge in [-0.25, -0.2) is 0 Å². The molecule has 1 aromatic heterocycles. The van der Waals surface area contributed by atoms with E-state index in [0.717, 1.165) is 24.5 Å². The Hall–Kier alpha value is -3.38. The number of nitrogens with zero attached hydrogens (tertiary/aromatic N) is 1. The van der Waals surface area contributed by atoms with Gasteiger partial charge in [-0.05, 0) is 68.8 Å². The standard InChI is InChI=1S/C26H30N2O4/c1-5-15-31-18(2)16-21-9-14-25(19(3)27-21)26(29)28-20-7-6-8-24(17-20)32-23-12-10-22(30-4)11-13-23/h6-14,17-18H,5,15-16H2,1-4H3,(H,28,29). The van der Waals surface area contributed by atoms with Crippen LogP contribution in [0.2, 0.25) is 0 Å². The Balaban J connectivity index is 1.64. The number of nitrogens with one attached hydrogen (secondary N) is 1. The van der Waals surface area contributed by atoms with E-state index in [9.17, 15) is 4.79 Å². The highest BCUT2D eigenvalue weighted by Gasteiger charge is 2.13. The van der Waals surface area contributed by atoms with Crippen LogP contribution in [-0.2, 0) is 11.2 Å². The Morgan fingerprint density at radius 3 is 2.47 bits per heavy atom. The maximum absolute atomic E-state index is 12.8. The van der Waals surface area contributed by atoms with E-state index in [1.54, 1.807) is 13.2 Å². The number of anilines is 1. The number of benzene rings is 2. The van der Waals surface area contributed by atoms with Gasteiger partial charge in [-0.2, -0.15) is 0 Å². The first-order valence-corrected chi connectivity index (χ1v) is 10.8. The minimum absolute atomic E-state index is 0.0926. The smallest absolute Gasteiger partial charge is 0.257 e. The molecule has 1 heterocycles. The first-order chi connectivity index (χ1) is 15.5. The van der Waals surface area contributed by atoms with Crippen LogP contribution in [0.3, 0.4) is 0 Å². The molecule has 3 rings (SSSR count). The Kier molecular flexibility index (Phi) is 8.22. The van der Waals surface area contributed by atoms with Crippen molar-refractivity contribution in [2.75, 3.05) is 19.0 Å². The van der Waals surface area contributed by atoms with Gasteiger partial charge in [-0.15, -0.1) is 0 Å². The van der Waals surface area contributed by atoms with Crippen molar-refractivity contribution >= 4 is 11.6 Å².